The summed E-state index contributed by atoms with van der Waals surface area (Å²) in [7, 11) is 0. The lowest BCUT2D eigenvalue weighted by Gasteiger charge is -2.07. The predicted octanol–water partition coefficient (Wildman–Crippen LogP) is 1.57. The Labute approximate surface area is 99.7 Å². The van der Waals surface area contributed by atoms with Gasteiger partial charge in [0.2, 0.25) is 0 Å². The summed E-state index contributed by atoms with van der Waals surface area (Å²) in [5.74, 6) is 0.639. The molecule has 2 aromatic heterocycles. The minimum absolute atomic E-state index is 0.566. The number of nitrogens with zero attached hydrogens (tertiary/aromatic N) is 4. The molecular weight excluding hydrogens is 214 g/mol. The van der Waals surface area contributed by atoms with Crippen LogP contribution in [0.4, 0.5) is 5.82 Å². The van der Waals surface area contributed by atoms with Crippen LogP contribution in [0.2, 0.25) is 0 Å². The van der Waals surface area contributed by atoms with Crippen LogP contribution in [0.5, 0.6) is 0 Å². The minimum atomic E-state index is 0.566. The first-order valence-electron chi connectivity index (χ1n) is 5.38. The lowest BCUT2D eigenvalue weighted by molar-refractivity contribution is 0.637. The Hall–Kier alpha value is -2.35. The fourth-order valence-electron chi connectivity index (χ4n) is 1.50. The second-order valence-electron chi connectivity index (χ2n) is 3.66. The summed E-state index contributed by atoms with van der Waals surface area (Å²) in [6, 6.07) is 7.61. The molecule has 0 fully saturated rings. The molecule has 0 aliphatic carbocycles. The summed E-state index contributed by atoms with van der Waals surface area (Å²) in [6.07, 6.45) is 3.64. The van der Waals surface area contributed by atoms with Gasteiger partial charge in [-0.15, -0.1) is 0 Å². The lowest BCUT2D eigenvalue weighted by atomic mass is 10.2. The SMILES string of the molecule is Cc1ccc(C#N)c(NCCn2cccn2)n1. The van der Waals surface area contributed by atoms with E-state index in [1.54, 1.807) is 12.3 Å². The van der Waals surface area contributed by atoms with Crippen LogP contribution in [0.1, 0.15) is 11.3 Å². The van der Waals surface area contributed by atoms with E-state index in [0.717, 1.165) is 12.2 Å². The highest BCUT2D eigenvalue weighted by Crippen LogP contribution is 2.11. The molecule has 0 aliphatic rings. The van der Waals surface area contributed by atoms with Crippen LogP contribution >= 0.6 is 0 Å². The summed E-state index contributed by atoms with van der Waals surface area (Å²) in [4.78, 5) is 4.30. The van der Waals surface area contributed by atoms with E-state index in [9.17, 15) is 0 Å². The third-order valence-electron chi connectivity index (χ3n) is 2.35. The molecule has 17 heavy (non-hydrogen) atoms. The monoisotopic (exact) mass is 227 g/mol. The Morgan fingerprint density at radius 2 is 2.35 bits per heavy atom. The van der Waals surface area contributed by atoms with E-state index >= 15 is 0 Å². The van der Waals surface area contributed by atoms with Crippen molar-refractivity contribution in [3.8, 4) is 6.07 Å². The van der Waals surface area contributed by atoms with Gasteiger partial charge in [-0.25, -0.2) is 4.98 Å². The highest BCUT2D eigenvalue weighted by atomic mass is 15.3. The molecule has 0 saturated carbocycles. The van der Waals surface area contributed by atoms with Crippen LogP contribution in [0.25, 0.3) is 0 Å². The second-order valence-corrected chi connectivity index (χ2v) is 3.66. The zero-order valence-electron chi connectivity index (χ0n) is 9.59. The summed E-state index contributed by atoms with van der Waals surface area (Å²) in [6.45, 7) is 3.33. The maximum atomic E-state index is 8.95. The van der Waals surface area contributed by atoms with Crippen molar-refractivity contribution in [2.24, 2.45) is 0 Å². The number of pyridine rings is 1. The van der Waals surface area contributed by atoms with Gasteiger partial charge in [0.05, 0.1) is 12.1 Å². The van der Waals surface area contributed by atoms with Gasteiger partial charge in [-0.2, -0.15) is 10.4 Å². The van der Waals surface area contributed by atoms with Crippen LogP contribution in [0, 0.1) is 18.3 Å². The van der Waals surface area contributed by atoms with E-state index in [1.807, 2.05) is 29.9 Å². The van der Waals surface area contributed by atoms with Crippen molar-refractivity contribution < 1.29 is 0 Å². The molecule has 0 atom stereocenters. The molecular formula is C12H13N5. The number of hydrogen-bond donors (Lipinski definition) is 1. The van der Waals surface area contributed by atoms with Crippen LogP contribution in [-0.2, 0) is 6.54 Å². The van der Waals surface area contributed by atoms with Gasteiger partial charge in [-0.05, 0) is 25.1 Å². The zero-order chi connectivity index (χ0) is 12.1. The van der Waals surface area contributed by atoms with Gasteiger partial charge in [-0.3, -0.25) is 4.68 Å². The Morgan fingerprint density at radius 1 is 1.47 bits per heavy atom. The van der Waals surface area contributed by atoms with E-state index in [-0.39, 0.29) is 0 Å². The van der Waals surface area contributed by atoms with Gasteiger partial charge in [-0.1, -0.05) is 0 Å². The van der Waals surface area contributed by atoms with E-state index < -0.39 is 0 Å². The lowest BCUT2D eigenvalue weighted by Crippen LogP contribution is -2.12. The van der Waals surface area contributed by atoms with E-state index in [0.29, 0.717) is 17.9 Å². The third-order valence-corrected chi connectivity index (χ3v) is 2.35. The molecule has 0 unspecified atom stereocenters. The Morgan fingerprint density at radius 3 is 3.06 bits per heavy atom. The number of nitrogens with one attached hydrogen (secondary N) is 1. The van der Waals surface area contributed by atoms with Crippen molar-refractivity contribution in [3.05, 3.63) is 41.9 Å². The van der Waals surface area contributed by atoms with Crippen LogP contribution in [0.15, 0.2) is 30.6 Å². The maximum Gasteiger partial charge on any atom is 0.144 e. The summed E-state index contributed by atoms with van der Waals surface area (Å²) in [5, 5.41) is 16.2. The second kappa shape index (κ2) is 5.12. The maximum absolute atomic E-state index is 8.95. The van der Waals surface area contributed by atoms with Gasteiger partial charge in [0.15, 0.2) is 0 Å². The topological polar surface area (TPSA) is 66.5 Å². The molecule has 0 amide bonds. The zero-order valence-corrected chi connectivity index (χ0v) is 9.59. The Balaban J connectivity index is 1.99. The number of anilines is 1. The molecule has 2 heterocycles. The van der Waals surface area contributed by atoms with E-state index in [1.165, 1.54) is 0 Å². The molecule has 0 spiro atoms. The molecule has 2 aromatic rings. The molecule has 0 saturated heterocycles. The minimum Gasteiger partial charge on any atom is -0.367 e. The smallest absolute Gasteiger partial charge is 0.144 e. The molecule has 0 aromatic carbocycles. The van der Waals surface area contributed by atoms with Crippen molar-refractivity contribution in [1.82, 2.24) is 14.8 Å². The molecule has 0 bridgehead atoms. The van der Waals surface area contributed by atoms with E-state index in [2.05, 4.69) is 21.5 Å². The Kier molecular flexibility index (Phi) is 3.36. The highest BCUT2D eigenvalue weighted by molar-refractivity contribution is 5.52. The molecule has 0 radical (unpaired) electrons. The first kappa shape index (κ1) is 11.1. The van der Waals surface area contributed by atoms with Crippen molar-refractivity contribution in [1.29, 1.82) is 5.26 Å². The molecule has 5 nitrogen and oxygen atoms in total. The quantitative estimate of drug-likeness (QED) is 0.861. The summed E-state index contributed by atoms with van der Waals surface area (Å²) in [5.41, 5.74) is 1.46. The van der Waals surface area contributed by atoms with Crippen LogP contribution in [-0.4, -0.2) is 21.3 Å². The molecule has 5 heteroatoms. The number of aryl methyl sites for hydroxylation is 1. The first-order valence-corrected chi connectivity index (χ1v) is 5.38. The Bertz CT molecular complexity index is 524. The molecule has 1 N–H and O–H groups in total. The van der Waals surface area contributed by atoms with E-state index in [4.69, 9.17) is 5.26 Å². The summed E-state index contributed by atoms with van der Waals surface area (Å²) >= 11 is 0. The predicted molar refractivity (Wildman–Crippen MR) is 64.4 cm³/mol. The third kappa shape index (κ3) is 2.82. The number of hydrogen-bond acceptors (Lipinski definition) is 4. The standard InChI is InChI=1S/C12H13N5/c1-10-3-4-11(9-13)12(16-10)14-6-8-17-7-2-5-15-17/h2-5,7H,6,8H2,1H3,(H,14,16). The number of aromatic nitrogens is 3. The largest absolute Gasteiger partial charge is 0.367 e. The van der Waals surface area contributed by atoms with Gasteiger partial charge < -0.3 is 5.32 Å². The van der Waals surface area contributed by atoms with Crippen molar-refractivity contribution in [2.45, 2.75) is 13.5 Å². The van der Waals surface area contributed by atoms with Crippen molar-refractivity contribution in [2.75, 3.05) is 11.9 Å². The van der Waals surface area contributed by atoms with Gasteiger partial charge in [0, 0.05) is 24.6 Å². The van der Waals surface area contributed by atoms with Crippen LogP contribution in [0.3, 0.4) is 0 Å². The fourth-order valence-corrected chi connectivity index (χ4v) is 1.50. The highest BCUT2D eigenvalue weighted by Gasteiger charge is 2.02. The van der Waals surface area contributed by atoms with Gasteiger partial charge >= 0.3 is 0 Å². The van der Waals surface area contributed by atoms with Crippen molar-refractivity contribution in [3.63, 3.8) is 0 Å². The molecule has 0 aliphatic heterocycles. The van der Waals surface area contributed by atoms with Crippen LogP contribution < -0.4 is 5.32 Å². The molecule has 86 valence electrons. The van der Waals surface area contributed by atoms with Gasteiger partial charge in [0.25, 0.3) is 0 Å². The number of rotatable bonds is 4. The fraction of sp³-hybridized carbons (Fsp3) is 0.250. The first-order chi connectivity index (χ1) is 8.29. The van der Waals surface area contributed by atoms with Crippen molar-refractivity contribution >= 4 is 5.82 Å². The van der Waals surface area contributed by atoms with Gasteiger partial charge in [0.1, 0.15) is 11.9 Å². The normalized spacial score (nSPS) is 9.88. The molecule has 2 rings (SSSR count). The average molecular weight is 227 g/mol. The summed E-state index contributed by atoms with van der Waals surface area (Å²) < 4.78 is 1.83. The average Bonchev–Trinajstić information content (AvgIpc) is 2.82. The number of nitriles is 1.